The second kappa shape index (κ2) is 5.87. The van der Waals surface area contributed by atoms with Gasteiger partial charge in [-0.25, -0.2) is 4.79 Å². The van der Waals surface area contributed by atoms with Gasteiger partial charge in [0.2, 0.25) is 5.91 Å². The first kappa shape index (κ1) is 14.5. The van der Waals surface area contributed by atoms with E-state index in [-0.39, 0.29) is 17.9 Å². The smallest absolute Gasteiger partial charge is 0.317 e. The summed E-state index contributed by atoms with van der Waals surface area (Å²) in [5.74, 6) is 0.281. The molecule has 2 heterocycles. The molecule has 1 saturated carbocycles. The minimum absolute atomic E-state index is 0.0462. The largest absolute Gasteiger partial charge is 0.335 e. The number of para-hydroxylation sites is 1. The van der Waals surface area contributed by atoms with Crippen molar-refractivity contribution in [1.29, 1.82) is 0 Å². The van der Waals surface area contributed by atoms with Crippen LogP contribution in [0.25, 0.3) is 0 Å². The monoisotopic (exact) mass is 313 g/mol. The lowest BCUT2D eigenvalue weighted by atomic mass is 9.95. The van der Waals surface area contributed by atoms with E-state index in [1.807, 2.05) is 28.0 Å². The van der Waals surface area contributed by atoms with Crippen LogP contribution in [0.2, 0.25) is 0 Å². The Morgan fingerprint density at radius 3 is 2.48 bits per heavy atom. The number of fused-ring (bicyclic) bond motifs is 1. The van der Waals surface area contributed by atoms with Gasteiger partial charge in [0.25, 0.3) is 0 Å². The molecule has 0 aromatic heterocycles. The molecular weight excluding hydrogens is 290 g/mol. The Labute approximate surface area is 136 Å². The number of nitrogens with one attached hydrogen (secondary N) is 1. The van der Waals surface area contributed by atoms with Gasteiger partial charge in [0, 0.05) is 37.3 Å². The first-order chi connectivity index (χ1) is 11.2. The van der Waals surface area contributed by atoms with Gasteiger partial charge < -0.3 is 15.1 Å². The fourth-order valence-corrected chi connectivity index (χ4v) is 3.61. The van der Waals surface area contributed by atoms with Crippen LogP contribution in [0, 0.1) is 5.92 Å². The molecule has 23 heavy (non-hydrogen) atoms. The first-order valence-corrected chi connectivity index (χ1v) is 8.67. The van der Waals surface area contributed by atoms with Crippen molar-refractivity contribution in [1.82, 2.24) is 10.2 Å². The van der Waals surface area contributed by atoms with Crippen LogP contribution in [0.1, 0.15) is 31.2 Å². The van der Waals surface area contributed by atoms with Gasteiger partial charge in [-0.3, -0.25) is 4.79 Å². The SMILES string of the molecule is O=C(NC1CC1)N1CCC(C(=O)N2CCc3ccccc32)CC1. The highest BCUT2D eigenvalue weighted by Crippen LogP contribution is 2.31. The first-order valence-electron chi connectivity index (χ1n) is 8.67. The highest BCUT2D eigenvalue weighted by molar-refractivity contribution is 5.97. The van der Waals surface area contributed by atoms with Gasteiger partial charge in [-0.15, -0.1) is 0 Å². The zero-order valence-electron chi connectivity index (χ0n) is 13.3. The number of carbonyl (C=O) groups is 2. The Hall–Kier alpha value is -2.04. The summed E-state index contributed by atoms with van der Waals surface area (Å²) < 4.78 is 0. The molecule has 1 aromatic carbocycles. The van der Waals surface area contributed by atoms with Crippen LogP contribution in [-0.4, -0.2) is 42.5 Å². The highest BCUT2D eigenvalue weighted by Gasteiger charge is 2.34. The van der Waals surface area contributed by atoms with Crippen molar-refractivity contribution in [2.45, 2.75) is 38.1 Å². The molecule has 2 fully saturated rings. The van der Waals surface area contributed by atoms with Crippen LogP contribution in [-0.2, 0) is 11.2 Å². The van der Waals surface area contributed by atoms with Crippen LogP contribution < -0.4 is 10.2 Å². The van der Waals surface area contributed by atoms with E-state index in [2.05, 4.69) is 11.4 Å². The number of rotatable bonds is 2. The molecule has 0 atom stereocenters. The third-order valence-electron chi connectivity index (χ3n) is 5.19. The van der Waals surface area contributed by atoms with Gasteiger partial charge in [0.1, 0.15) is 0 Å². The van der Waals surface area contributed by atoms with E-state index in [1.54, 1.807) is 0 Å². The fourth-order valence-electron chi connectivity index (χ4n) is 3.61. The number of benzene rings is 1. The minimum atomic E-state index is 0.0462. The van der Waals surface area contributed by atoms with Crippen LogP contribution in [0.5, 0.6) is 0 Å². The molecule has 122 valence electrons. The predicted octanol–water partition coefficient (Wildman–Crippen LogP) is 2.16. The number of anilines is 1. The molecule has 4 rings (SSSR count). The maximum atomic E-state index is 12.8. The standard InChI is InChI=1S/C18H23N3O2/c22-17(21-12-9-13-3-1-2-4-16(13)21)14-7-10-20(11-8-14)18(23)19-15-5-6-15/h1-4,14-15H,5-12H2,(H,19,23). The van der Waals surface area contributed by atoms with E-state index in [4.69, 9.17) is 0 Å². The Bertz CT molecular complexity index is 618. The molecule has 0 spiro atoms. The normalized spacial score (nSPS) is 21.2. The number of nitrogens with zero attached hydrogens (tertiary/aromatic N) is 2. The summed E-state index contributed by atoms with van der Waals surface area (Å²) in [6, 6.07) is 8.61. The van der Waals surface area contributed by atoms with E-state index in [0.717, 1.165) is 44.3 Å². The molecule has 0 bridgehead atoms. The zero-order valence-corrected chi connectivity index (χ0v) is 13.3. The van der Waals surface area contributed by atoms with Crippen molar-refractivity contribution in [2.75, 3.05) is 24.5 Å². The van der Waals surface area contributed by atoms with Crippen LogP contribution >= 0.6 is 0 Å². The molecule has 1 aliphatic carbocycles. The molecule has 1 aromatic rings. The van der Waals surface area contributed by atoms with Crippen LogP contribution in [0.15, 0.2) is 24.3 Å². The molecule has 0 unspecified atom stereocenters. The van der Waals surface area contributed by atoms with Crippen molar-refractivity contribution in [3.63, 3.8) is 0 Å². The highest BCUT2D eigenvalue weighted by atomic mass is 16.2. The summed E-state index contributed by atoms with van der Waals surface area (Å²) in [5.41, 5.74) is 2.34. The summed E-state index contributed by atoms with van der Waals surface area (Å²) in [5, 5.41) is 3.03. The summed E-state index contributed by atoms with van der Waals surface area (Å²) >= 11 is 0. The zero-order chi connectivity index (χ0) is 15.8. The number of hydrogen-bond donors (Lipinski definition) is 1. The Morgan fingerprint density at radius 1 is 1.00 bits per heavy atom. The lowest BCUT2D eigenvalue weighted by molar-refractivity contribution is -0.123. The van der Waals surface area contributed by atoms with E-state index < -0.39 is 0 Å². The van der Waals surface area contributed by atoms with Gasteiger partial charge in [0.05, 0.1) is 0 Å². The van der Waals surface area contributed by atoms with Crippen molar-refractivity contribution in [3.05, 3.63) is 29.8 Å². The summed E-state index contributed by atoms with van der Waals surface area (Å²) in [7, 11) is 0. The van der Waals surface area contributed by atoms with Gasteiger partial charge in [-0.1, -0.05) is 18.2 Å². The van der Waals surface area contributed by atoms with Gasteiger partial charge in [-0.2, -0.15) is 0 Å². The van der Waals surface area contributed by atoms with E-state index in [9.17, 15) is 9.59 Å². The van der Waals surface area contributed by atoms with E-state index in [0.29, 0.717) is 19.1 Å². The summed E-state index contributed by atoms with van der Waals surface area (Å²) in [6.07, 6.45) is 4.71. The average molecular weight is 313 g/mol. The van der Waals surface area contributed by atoms with Gasteiger partial charge in [0.15, 0.2) is 0 Å². The molecule has 0 radical (unpaired) electrons. The number of piperidine rings is 1. The van der Waals surface area contributed by atoms with Crippen molar-refractivity contribution >= 4 is 17.6 Å². The molecule has 3 aliphatic rings. The third-order valence-corrected chi connectivity index (χ3v) is 5.19. The predicted molar refractivity (Wildman–Crippen MR) is 88.3 cm³/mol. The number of likely N-dealkylation sites (tertiary alicyclic amines) is 1. The number of amides is 3. The molecule has 5 nitrogen and oxygen atoms in total. The van der Waals surface area contributed by atoms with Crippen LogP contribution in [0.4, 0.5) is 10.5 Å². The number of carbonyl (C=O) groups excluding carboxylic acids is 2. The third kappa shape index (κ3) is 2.92. The molecule has 2 aliphatic heterocycles. The average Bonchev–Trinajstić information content (AvgIpc) is 3.30. The molecule has 1 saturated heterocycles. The number of hydrogen-bond acceptors (Lipinski definition) is 2. The lowest BCUT2D eigenvalue weighted by Crippen LogP contribution is -2.48. The summed E-state index contributed by atoms with van der Waals surface area (Å²) in [4.78, 5) is 28.7. The minimum Gasteiger partial charge on any atom is -0.335 e. The second-order valence-electron chi connectivity index (χ2n) is 6.85. The molecule has 1 N–H and O–H groups in total. The summed E-state index contributed by atoms with van der Waals surface area (Å²) in [6.45, 7) is 2.16. The Morgan fingerprint density at radius 2 is 1.74 bits per heavy atom. The fraction of sp³-hybridized carbons (Fsp3) is 0.556. The quantitative estimate of drug-likeness (QED) is 0.909. The Kier molecular flexibility index (Phi) is 3.71. The maximum absolute atomic E-state index is 12.8. The second-order valence-corrected chi connectivity index (χ2v) is 6.85. The molecule has 5 heteroatoms. The van der Waals surface area contributed by atoms with E-state index in [1.165, 1.54) is 5.56 Å². The van der Waals surface area contributed by atoms with Crippen molar-refractivity contribution in [3.8, 4) is 0 Å². The van der Waals surface area contributed by atoms with Crippen molar-refractivity contribution < 1.29 is 9.59 Å². The van der Waals surface area contributed by atoms with Gasteiger partial charge in [-0.05, 0) is 43.7 Å². The molecule has 3 amide bonds. The van der Waals surface area contributed by atoms with E-state index >= 15 is 0 Å². The molecular formula is C18H23N3O2. The van der Waals surface area contributed by atoms with Crippen molar-refractivity contribution in [2.24, 2.45) is 5.92 Å². The van der Waals surface area contributed by atoms with Crippen LogP contribution in [0.3, 0.4) is 0 Å². The number of urea groups is 1. The van der Waals surface area contributed by atoms with Gasteiger partial charge >= 0.3 is 6.03 Å². The maximum Gasteiger partial charge on any atom is 0.317 e. The topological polar surface area (TPSA) is 52.7 Å². The Balaban J connectivity index is 1.35. The lowest BCUT2D eigenvalue weighted by Gasteiger charge is -2.33.